The molecule has 0 aromatic heterocycles. The van der Waals surface area contributed by atoms with Crippen LogP contribution in [0.15, 0.2) is 18.2 Å². The molecule has 0 bridgehead atoms. The number of rotatable bonds is 3. The zero-order chi connectivity index (χ0) is 13.1. The molecule has 0 unspecified atom stereocenters. The first kappa shape index (κ1) is 13.4. The summed E-state index contributed by atoms with van der Waals surface area (Å²) in [5.41, 5.74) is 8.15. The molecule has 4 N–H and O–H groups in total. The molecule has 94 valence electrons. The standard InChI is InChI=1S/C13H21N3O/c1-9-5-6-10(14)7-11(9)15-8-12(17)16-13(2,3)4/h5-7,15H,8,14H2,1-4H3,(H,16,17). The van der Waals surface area contributed by atoms with E-state index in [2.05, 4.69) is 10.6 Å². The Morgan fingerprint density at radius 1 is 1.35 bits per heavy atom. The Bertz CT molecular complexity index is 408. The van der Waals surface area contributed by atoms with Crippen LogP contribution in [0.3, 0.4) is 0 Å². The number of hydrogen-bond donors (Lipinski definition) is 3. The summed E-state index contributed by atoms with van der Waals surface area (Å²) in [5.74, 6) is -0.0284. The normalized spacial score (nSPS) is 11.1. The maximum atomic E-state index is 11.6. The van der Waals surface area contributed by atoms with Gasteiger partial charge in [0.25, 0.3) is 0 Å². The van der Waals surface area contributed by atoms with Crippen molar-refractivity contribution in [1.82, 2.24) is 5.32 Å². The topological polar surface area (TPSA) is 67.1 Å². The second-order valence-electron chi connectivity index (χ2n) is 5.23. The number of aryl methyl sites for hydroxylation is 1. The number of amides is 1. The van der Waals surface area contributed by atoms with Gasteiger partial charge in [-0.1, -0.05) is 6.07 Å². The van der Waals surface area contributed by atoms with E-state index in [0.29, 0.717) is 5.69 Å². The lowest BCUT2D eigenvalue weighted by molar-refractivity contribution is -0.120. The SMILES string of the molecule is Cc1ccc(N)cc1NCC(=O)NC(C)(C)C. The molecule has 17 heavy (non-hydrogen) atoms. The molecule has 1 amide bonds. The predicted molar refractivity (Wildman–Crippen MR) is 72.0 cm³/mol. The molecule has 0 saturated carbocycles. The van der Waals surface area contributed by atoms with Gasteiger partial charge in [-0.15, -0.1) is 0 Å². The third kappa shape index (κ3) is 4.76. The van der Waals surface area contributed by atoms with Crippen molar-refractivity contribution < 1.29 is 4.79 Å². The average molecular weight is 235 g/mol. The van der Waals surface area contributed by atoms with E-state index in [0.717, 1.165) is 11.3 Å². The van der Waals surface area contributed by atoms with Gasteiger partial charge in [0.05, 0.1) is 6.54 Å². The van der Waals surface area contributed by atoms with Gasteiger partial charge in [0.1, 0.15) is 0 Å². The van der Waals surface area contributed by atoms with E-state index in [1.807, 2.05) is 45.9 Å². The first-order valence-electron chi connectivity index (χ1n) is 5.69. The van der Waals surface area contributed by atoms with E-state index < -0.39 is 0 Å². The first-order valence-corrected chi connectivity index (χ1v) is 5.69. The van der Waals surface area contributed by atoms with E-state index >= 15 is 0 Å². The summed E-state index contributed by atoms with van der Waals surface area (Å²) in [6.45, 7) is 8.09. The Balaban J connectivity index is 2.56. The van der Waals surface area contributed by atoms with Gasteiger partial charge in [-0.05, 0) is 45.4 Å². The Hall–Kier alpha value is -1.71. The van der Waals surface area contributed by atoms with Gasteiger partial charge in [0, 0.05) is 16.9 Å². The van der Waals surface area contributed by atoms with Gasteiger partial charge in [-0.3, -0.25) is 4.79 Å². The molecule has 0 aliphatic heterocycles. The summed E-state index contributed by atoms with van der Waals surface area (Å²) in [7, 11) is 0. The van der Waals surface area contributed by atoms with Crippen molar-refractivity contribution in [3.63, 3.8) is 0 Å². The molecule has 0 aliphatic rings. The fourth-order valence-electron chi connectivity index (χ4n) is 1.47. The largest absolute Gasteiger partial charge is 0.399 e. The third-order valence-corrected chi connectivity index (χ3v) is 2.22. The van der Waals surface area contributed by atoms with Crippen molar-refractivity contribution in [3.05, 3.63) is 23.8 Å². The molecule has 1 aromatic carbocycles. The number of nitrogen functional groups attached to an aromatic ring is 1. The van der Waals surface area contributed by atoms with Crippen molar-refractivity contribution >= 4 is 17.3 Å². The van der Waals surface area contributed by atoms with Crippen LogP contribution in [0.5, 0.6) is 0 Å². The molecule has 1 rings (SSSR count). The summed E-state index contributed by atoms with van der Waals surface area (Å²) < 4.78 is 0. The van der Waals surface area contributed by atoms with Crippen LogP contribution < -0.4 is 16.4 Å². The molecule has 0 aliphatic carbocycles. The van der Waals surface area contributed by atoms with E-state index in [1.54, 1.807) is 0 Å². The number of anilines is 2. The molecule has 4 heteroatoms. The molecule has 0 heterocycles. The van der Waals surface area contributed by atoms with E-state index in [-0.39, 0.29) is 18.0 Å². The second kappa shape index (κ2) is 5.08. The van der Waals surface area contributed by atoms with Crippen LogP contribution in [-0.4, -0.2) is 18.0 Å². The lowest BCUT2D eigenvalue weighted by atomic mass is 10.1. The summed E-state index contributed by atoms with van der Waals surface area (Å²) in [4.78, 5) is 11.6. The molecule has 1 aromatic rings. The van der Waals surface area contributed by atoms with Crippen LogP contribution >= 0.6 is 0 Å². The Morgan fingerprint density at radius 2 is 2.00 bits per heavy atom. The van der Waals surface area contributed by atoms with Crippen molar-refractivity contribution in [1.29, 1.82) is 0 Å². The first-order chi connectivity index (χ1) is 7.78. The van der Waals surface area contributed by atoms with E-state index in [9.17, 15) is 4.79 Å². The monoisotopic (exact) mass is 235 g/mol. The van der Waals surface area contributed by atoms with Crippen LogP contribution in [0.25, 0.3) is 0 Å². The van der Waals surface area contributed by atoms with Crippen LogP contribution in [-0.2, 0) is 4.79 Å². The summed E-state index contributed by atoms with van der Waals surface area (Å²) >= 11 is 0. The highest BCUT2D eigenvalue weighted by Gasteiger charge is 2.13. The highest BCUT2D eigenvalue weighted by molar-refractivity contribution is 5.81. The molecule has 0 radical (unpaired) electrons. The quantitative estimate of drug-likeness (QED) is 0.701. The van der Waals surface area contributed by atoms with Crippen molar-refractivity contribution in [3.8, 4) is 0 Å². The molecule has 0 atom stereocenters. The molecule has 0 saturated heterocycles. The van der Waals surface area contributed by atoms with Crippen molar-refractivity contribution in [2.24, 2.45) is 0 Å². The number of nitrogens with two attached hydrogens (primary N) is 1. The van der Waals surface area contributed by atoms with Crippen molar-refractivity contribution in [2.75, 3.05) is 17.6 Å². The Kier molecular flexibility index (Phi) is 3.99. The lowest BCUT2D eigenvalue weighted by Crippen LogP contribution is -2.43. The van der Waals surface area contributed by atoms with Crippen LogP contribution in [0.1, 0.15) is 26.3 Å². The number of hydrogen-bond acceptors (Lipinski definition) is 3. The lowest BCUT2D eigenvalue weighted by Gasteiger charge is -2.21. The van der Waals surface area contributed by atoms with E-state index in [1.165, 1.54) is 0 Å². The van der Waals surface area contributed by atoms with Crippen LogP contribution in [0.4, 0.5) is 11.4 Å². The summed E-state index contributed by atoms with van der Waals surface area (Å²) in [6.07, 6.45) is 0. The fourth-order valence-corrected chi connectivity index (χ4v) is 1.47. The summed E-state index contributed by atoms with van der Waals surface area (Å²) in [5, 5.41) is 5.97. The smallest absolute Gasteiger partial charge is 0.239 e. The van der Waals surface area contributed by atoms with Gasteiger partial charge in [-0.2, -0.15) is 0 Å². The van der Waals surface area contributed by atoms with Crippen molar-refractivity contribution in [2.45, 2.75) is 33.2 Å². The predicted octanol–water partition coefficient (Wildman–Crippen LogP) is 1.90. The third-order valence-electron chi connectivity index (χ3n) is 2.22. The molecular weight excluding hydrogens is 214 g/mol. The van der Waals surface area contributed by atoms with E-state index in [4.69, 9.17) is 5.73 Å². The Labute approximate surface area is 103 Å². The number of carbonyl (C=O) groups is 1. The molecule has 0 spiro atoms. The Morgan fingerprint density at radius 3 is 2.59 bits per heavy atom. The second-order valence-corrected chi connectivity index (χ2v) is 5.23. The zero-order valence-electron chi connectivity index (χ0n) is 10.9. The number of carbonyl (C=O) groups excluding carboxylic acids is 1. The minimum absolute atomic E-state index is 0.0284. The number of benzene rings is 1. The van der Waals surface area contributed by atoms with Gasteiger partial charge >= 0.3 is 0 Å². The van der Waals surface area contributed by atoms with Gasteiger partial charge in [0.15, 0.2) is 0 Å². The average Bonchev–Trinajstić information content (AvgIpc) is 2.17. The minimum atomic E-state index is -0.205. The zero-order valence-corrected chi connectivity index (χ0v) is 10.9. The van der Waals surface area contributed by atoms with Crippen LogP contribution in [0.2, 0.25) is 0 Å². The number of nitrogens with one attached hydrogen (secondary N) is 2. The van der Waals surface area contributed by atoms with Crippen LogP contribution in [0, 0.1) is 6.92 Å². The van der Waals surface area contributed by atoms with Gasteiger partial charge in [0.2, 0.25) is 5.91 Å². The molecule has 4 nitrogen and oxygen atoms in total. The maximum Gasteiger partial charge on any atom is 0.239 e. The molecule has 0 fully saturated rings. The highest BCUT2D eigenvalue weighted by atomic mass is 16.2. The highest BCUT2D eigenvalue weighted by Crippen LogP contribution is 2.17. The maximum absolute atomic E-state index is 11.6. The minimum Gasteiger partial charge on any atom is -0.399 e. The van der Waals surface area contributed by atoms with Gasteiger partial charge in [-0.25, -0.2) is 0 Å². The fraction of sp³-hybridized carbons (Fsp3) is 0.462. The summed E-state index contributed by atoms with van der Waals surface area (Å²) in [6, 6.07) is 5.61. The van der Waals surface area contributed by atoms with Gasteiger partial charge < -0.3 is 16.4 Å². The molecular formula is C13H21N3O.